The number of carbonyl (C=O) groups is 1. The quantitative estimate of drug-likeness (QED) is 0.232. The summed E-state index contributed by atoms with van der Waals surface area (Å²) in [5, 5.41) is 2.33. The molecule has 0 aliphatic carbocycles. The van der Waals surface area contributed by atoms with Crippen LogP contribution >= 0.6 is 15.9 Å². The van der Waals surface area contributed by atoms with Gasteiger partial charge < -0.3 is 9.30 Å². The zero-order valence-electron chi connectivity index (χ0n) is 18.5. The molecular weight excluding hydrogens is 493 g/mol. The smallest absolute Gasteiger partial charge is 0.296 e. The fourth-order valence-electron chi connectivity index (χ4n) is 3.74. The molecule has 0 saturated carbocycles. The lowest BCUT2D eigenvalue weighted by molar-refractivity contribution is -0.195. The highest BCUT2D eigenvalue weighted by molar-refractivity contribution is 9.10. The number of nitrogens with zero attached hydrogens (tertiary/aromatic N) is 3. The van der Waals surface area contributed by atoms with Crippen LogP contribution in [0.1, 0.15) is 21.6 Å². The predicted octanol–water partition coefficient (Wildman–Crippen LogP) is 5.23. The third-order valence-electron chi connectivity index (χ3n) is 5.53. The summed E-state index contributed by atoms with van der Waals surface area (Å²) in [6.07, 6.45) is 4.34. The molecule has 0 saturated heterocycles. The van der Waals surface area contributed by atoms with Gasteiger partial charge in [0.2, 0.25) is 0 Å². The van der Waals surface area contributed by atoms with Crippen molar-refractivity contribution in [3.63, 3.8) is 0 Å². The van der Waals surface area contributed by atoms with Gasteiger partial charge in [-0.2, -0.15) is 0 Å². The second-order valence-electron chi connectivity index (χ2n) is 9.20. The molecule has 0 N–H and O–H groups in total. The Bertz CT molecular complexity index is 1130. The molecule has 0 radical (unpaired) electrons. The van der Waals surface area contributed by atoms with Gasteiger partial charge in [0, 0.05) is 37.3 Å². The maximum Gasteiger partial charge on any atom is 0.296 e. The van der Waals surface area contributed by atoms with Gasteiger partial charge in [-0.05, 0) is 51.7 Å². The van der Waals surface area contributed by atoms with E-state index in [1.165, 1.54) is 17.2 Å². The normalized spacial score (nSPS) is 14.3. The lowest BCUT2D eigenvalue weighted by Crippen LogP contribution is -2.39. The number of hydrogen-bond acceptors (Lipinski definition) is 4. The second kappa shape index (κ2) is 9.42. The third-order valence-corrected chi connectivity index (χ3v) is 7.83. The number of hydroxylamine groups is 2. The van der Waals surface area contributed by atoms with Gasteiger partial charge in [-0.25, -0.2) is 19.3 Å². The predicted molar refractivity (Wildman–Crippen MR) is 128 cm³/mol. The number of ether oxygens (including phenoxy) is 1. The molecule has 9 heteroatoms. The first-order chi connectivity index (χ1) is 15.2. The molecule has 2 aromatic heterocycles. The molecule has 0 unspecified atom stereocenters. The number of rotatable bonds is 8. The maximum absolute atomic E-state index is 13.2. The molecule has 1 aromatic carbocycles. The summed E-state index contributed by atoms with van der Waals surface area (Å²) in [7, 11) is -1.16. The minimum Gasteiger partial charge on any atom is -0.353 e. The van der Waals surface area contributed by atoms with Crippen molar-refractivity contribution >= 4 is 40.8 Å². The number of pyridine rings is 1. The first kappa shape index (κ1) is 23.1. The summed E-state index contributed by atoms with van der Waals surface area (Å²) < 4.78 is 21.8. The van der Waals surface area contributed by atoms with Crippen molar-refractivity contribution in [3.05, 3.63) is 63.8 Å². The van der Waals surface area contributed by atoms with Crippen molar-refractivity contribution in [2.45, 2.75) is 38.7 Å². The van der Waals surface area contributed by atoms with Crippen LogP contribution in [0.4, 0.5) is 4.39 Å². The number of halogens is 2. The van der Waals surface area contributed by atoms with E-state index in [1.807, 2.05) is 6.20 Å². The Morgan fingerprint density at radius 1 is 1.22 bits per heavy atom. The van der Waals surface area contributed by atoms with Crippen molar-refractivity contribution < 1.29 is 18.8 Å². The van der Waals surface area contributed by atoms with Crippen LogP contribution in [0.15, 0.2) is 41.1 Å². The fourth-order valence-corrected chi connectivity index (χ4v) is 5.18. The first-order valence-corrected chi connectivity index (χ1v) is 15.2. The highest BCUT2D eigenvalue weighted by atomic mass is 79.9. The summed E-state index contributed by atoms with van der Waals surface area (Å²) in [5.41, 5.74) is 3.23. The van der Waals surface area contributed by atoms with E-state index >= 15 is 0 Å². The molecule has 0 bridgehead atoms. The van der Waals surface area contributed by atoms with Crippen molar-refractivity contribution in [2.24, 2.45) is 0 Å². The van der Waals surface area contributed by atoms with Gasteiger partial charge >= 0.3 is 0 Å². The lowest BCUT2D eigenvalue weighted by atomic mass is 10.0. The van der Waals surface area contributed by atoms with E-state index in [-0.39, 0.29) is 18.5 Å². The lowest BCUT2D eigenvalue weighted by Gasteiger charge is -2.27. The number of aromatic nitrogens is 2. The number of carbonyl (C=O) groups excluding carboxylic acids is 1. The Balaban J connectivity index is 1.49. The standard InChI is InChI=1S/C23H27BrFN3O3Si/c1-32(2,3)11-10-30-15-31-28-9-8-18-21-19(24)14-27(13-16-4-6-17(25)7-5-16)20(21)12-26-22(18)23(28)29/h4-7,12,14H,8-11,13,15H2,1-3H3. The van der Waals surface area contributed by atoms with E-state index in [0.29, 0.717) is 31.8 Å². The average Bonchev–Trinajstić information content (AvgIpc) is 3.06. The number of benzene rings is 1. The Morgan fingerprint density at radius 2 is 1.97 bits per heavy atom. The molecule has 170 valence electrons. The molecule has 1 amide bonds. The van der Waals surface area contributed by atoms with Crippen LogP contribution in [0.5, 0.6) is 0 Å². The fraction of sp³-hybridized carbons (Fsp3) is 0.391. The molecule has 3 aromatic rings. The summed E-state index contributed by atoms with van der Waals surface area (Å²) in [6, 6.07) is 7.50. The molecule has 3 heterocycles. The van der Waals surface area contributed by atoms with Crippen LogP contribution in [-0.4, -0.2) is 48.5 Å². The Hall–Kier alpha value is -2.07. The molecule has 4 rings (SSSR count). The minimum atomic E-state index is -1.16. The summed E-state index contributed by atoms with van der Waals surface area (Å²) >= 11 is 3.65. The SMILES string of the molecule is C[Si](C)(C)CCOCON1CCc2c(ncc3c2c(Br)cn3Cc2ccc(F)cc2)C1=O. The zero-order valence-corrected chi connectivity index (χ0v) is 21.1. The molecule has 0 spiro atoms. The van der Waals surface area contributed by atoms with E-state index in [1.54, 1.807) is 18.3 Å². The Labute approximate surface area is 196 Å². The third kappa shape index (κ3) is 5.11. The monoisotopic (exact) mass is 519 g/mol. The van der Waals surface area contributed by atoms with E-state index in [0.717, 1.165) is 32.5 Å². The van der Waals surface area contributed by atoms with E-state index in [2.05, 4.69) is 45.1 Å². The van der Waals surface area contributed by atoms with Gasteiger partial charge in [0.05, 0.1) is 18.3 Å². The van der Waals surface area contributed by atoms with Crippen molar-refractivity contribution in [2.75, 3.05) is 19.9 Å². The zero-order chi connectivity index (χ0) is 22.9. The van der Waals surface area contributed by atoms with Crippen molar-refractivity contribution in [1.82, 2.24) is 14.6 Å². The summed E-state index contributed by atoms with van der Waals surface area (Å²) in [6.45, 7) is 8.60. The van der Waals surface area contributed by atoms with Crippen LogP contribution in [0.25, 0.3) is 10.9 Å². The molecular formula is C23H27BrFN3O3Si. The van der Waals surface area contributed by atoms with Crippen LogP contribution < -0.4 is 0 Å². The topological polar surface area (TPSA) is 56.6 Å². The van der Waals surface area contributed by atoms with Gasteiger partial charge in [0.15, 0.2) is 6.79 Å². The summed E-state index contributed by atoms with van der Waals surface area (Å²) in [4.78, 5) is 23.0. The van der Waals surface area contributed by atoms with Crippen LogP contribution in [-0.2, 0) is 22.5 Å². The summed E-state index contributed by atoms with van der Waals surface area (Å²) in [5.74, 6) is -0.505. The number of amides is 1. The second-order valence-corrected chi connectivity index (χ2v) is 15.7. The molecule has 1 aliphatic heterocycles. The molecule has 6 nitrogen and oxygen atoms in total. The number of hydrogen-bond donors (Lipinski definition) is 0. The molecule has 0 fully saturated rings. The van der Waals surface area contributed by atoms with Gasteiger partial charge in [0.1, 0.15) is 11.5 Å². The van der Waals surface area contributed by atoms with Crippen molar-refractivity contribution in [3.8, 4) is 0 Å². The van der Waals surface area contributed by atoms with Crippen LogP contribution in [0.3, 0.4) is 0 Å². The molecule has 0 atom stereocenters. The maximum atomic E-state index is 13.2. The van der Waals surface area contributed by atoms with E-state index < -0.39 is 8.07 Å². The van der Waals surface area contributed by atoms with E-state index in [4.69, 9.17) is 9.57 Å². The highest BCUT2D eigenvalue weighted by Crippen LogP contribution is 2.33. The van der Waals surface area contributed by atoms with Gasteiger partial charge in [-0.1, -0.05) is 31.8 Å². The Morgan fingerprint density at radius 3 is 2.69 bits per heavy atom. The Kier molecular flexibility index (Phi) is 6.80. The average molecular weight is 520 g/mol. The highest BCUT2D eigenvalue weighted by Gasteiger charge is 2.30. The van der Waals surface area contributed by atoms with E-state index in [9.17, 15) is 9.18 Å². The van der Waals surface area contributed by atoms with Crippen molar-refractivity contribution in [1.29, 1.82) is 0 Å². The number of fused-ring (bicyclic) bond motifs is 3. The van der Waals surface area contributed by atoms with Gasteiger partial charge in [-0.3, -0.25) is 4.79 Å². The van der Waals surface area contributed by atoms with Crippen LogP contribution in [0, 0.1) is 5.82 Å². The van der Waals surface area contributed by atoms with Gasteiger partial charge in [-0.15, -0.1) is 0 Å². The first-order valence-electron chi connectivity index (χ1n) is 10.7. The largest absolute Gasteiger partial charge is 0.353 e. The van der Waals surface area contributed by atoms with Gasteiger partial charge in [0.25, 0.3) is 5.91 Å². The molecule has 1 aliphatic rings. The minimum absolute atomic E-state index is 0.0611. The van der Waals surface area contributed by atoms with Crippen LogP contribution in [0.2, 0.25) is 25.7 Å². The molecule has 32 heavy (non-hydrogen) atoms.